The molecule has 1 heterocycles. The van der Waals surface area contributed by atoms with Crippen LogP contribution in [-0.2, 0) is 11.2 Å². The molecule has 0 aromatic heterocycles. The minimum Gasteiger partial charge on any atom is -0.355 e. The monoisotopic (exact) mass is 316 g/mol. The molecule has 1 fully saturated rings. The number of carbonyl (C=O) groups is 1. The Bertz CT molecular complexity index is 421. The number of hydrogen-bond donors (Lipinski definition) is 2. The van der Waals surface area contributed by atoms with Gasteiger partial charge in [-0.3, -0.25) is 4.79 Å². The van der Waals surface area contributed by atoms with Crippen LogP contribution >= 0.6 is 27.5 Å². The van der Waals surface area contributed by atoms with Gasteiger partial charge in [-0.2, -0.15) is 0 Å². The van der Waals surface area contributed by atoms with Crippen LogP contribution in [-0.4, -0.2) is 25.5 Å². The van der Waals surface area contributed by atoms with Crippen molar-refractivity contribution in [1.82, 2.24) is 10.6 Å². The summed E-state index contributed by atoms with van der Waals surface area (Å²) in [4.78, 5) is 11.6. The van der Waals surface area contributed by atoms with Gasteiger partial charge < -0.3 is 10.6 Å². The smallest absolute Gasteiger partial charge is 0.225 e. The van der Waals surface area contributed by atoms with Gasteiger partial charge in [0.1, 0.15) is 0 Å². The fourth-order valence-corrected chi connectivity index (χ4v) is 2.31. The van der Waals surface area contributed by atoms with E-state index in [0.29, 0.717) is 6.54 Å². The number of rotatable bonds is 4. The standard InChI is InChI=1S/C12H14BrClN2O/c13-11-2-1-10(14)5-8(11)3-4-16-12(17)9-6-15-7-9/h1-2,5,9,15H,3-4,6-7H2,(H,16,17). The van der Waals surface area contributed by atoms with Crippen molar-refractivity contribution in [3.63, 3.8) is 0 Å². The first-order valence-electron chi connectivity index (χ1n) is 5.59. The summed E-state index contributed by atoms with van der Waals surface area (Å²) in [7, 11) is 0. The summed E-state index contributed by atoms with van der Waals surface area (Å²) in [6.45, 7) is 2.24. The third-order valence-corrected chi connectivity index (χ3v) is 3.86. The molecule has 0 radical (unpaired) electrons. The average Bonchev–Trinajstić information content (AvgIpc) is 2.20. The fraction of sp³-hybridized carbons (Fsp3) is 0.417. The molecule has 1 amide bonds. The SMILES string of the molecule is O=C(NCCc1cc(Cl)ccc1Br)C1CNC1. The number of amides is 1. The summed E-state index contributed by atoms with van der Waals surface area (Å²) in [6, 6.07) is 5.69. The molecular formula is C12H14BrClN2O. The van der Waals surface area contributed by atoms with Gasteiger partial charge in [0.2, 0.25) is 5.91 Å². The molecule has 1 aliphatic rings. The second-order valence-corrected chi connectivity index (χ2v) is 5.42. The van der Waals surface area contributed by atoms with Crippen LogP contribution in [0.4, 0.5) is 0 Å². The van der Waals surface area contributed by atoms with E-state index in [1.165, 1.54) is 0 Å². The summed E-state index contributed by atoms with van der Waals surface area (Å²) < 4.78 is 1.03. The molecule has 17 heavy (non-hydrogen) atoms. The lowest BCUT2D eigenvalue weighted by atomic mass is 10.0. The molecule has 0 saturated carbocycles. The summed E-state index contributed by atoms with van der Waals surface area (Å²) in [5.74, 6) is 0.291. The predicted molar refractivity (Wildman–Crippen MR) is 72.2 cm³/mol. The van der Waals surface area contributed by atoms with Crippen LogP contribution < -0.4 is 10.6 Å². The summed E-state index contributed by atoms with van der Waals surface area (Å²) in [6.07, 6.45) is 0.785. The van der Waals surface area contributed by atoms with Crippen LogP contribution in [0.5, 0.6) is 0 Å². The van der Waals surface area contributed by atoms with Crippen LogP contribution in [0.1, 0.15) is 5.56 Å². The van der Waals surface area contributed by atoms with Gasteiger partial charge in [-0.1, -0.05) is 27.5 Å². The maximum Gasteiger partial charge on any atom is 0.225 e. The van der Waals surface area contributed by atoms with Gasteiger partial charge in [0, 0.05) is 29.1 Å². The van der Waals surface area contributed by atoms with E-state index < -0.39 is 0 Å². The van der Waals surface area contributed by atoms with Crippen LogP contribution in [0.3, 0.4) is 0 Å². The highest BCUT2D eigenvalue weighted by Gasteiger charge is 2.24. The van der Waals surface area contributed by atoms with Crippen LogP contribution in [0.15, 0.2) is 22.7 Å². The molecule has 0 spiro atoms. The van der Waals surface area contributed by atoms with Gasteiger partial charge in [-0.25, -0.2) is 0 Å². The highest BCUT2D eigenvalue weighted by molar-refractivity contribution is 9.10. The van der Waals surface area contributed by atoms with Crippen LogP contribution in [0.25, 0.3) is 0 Å². The molecule has 0 bridgehead atoms. The molecule has 1 aromatic rings. The number of benzene rings is 1. The van der Waals surface area contributed by atoms with Gasteiger partial charge in [-0.15, -0.1) is 0 Å². The van der Waals surface area contributed by atoms with Crippen molar-refractivity contribution in [2.45, 2.75) is 6.42 Å². The fourth-order valence-electron chi connectivity index (χ4n) is 1.67. The Morgan fingerprint density at radius 1 is 1.53 bits per heavy atom. The van der Waals surface area contributed by atoms with E-state index in [1.807, 2.05) is 18.2 Å². The molecule has 0 atom stereocenters. The zero-order valence-electron chi connectivity index (χ0n) is 9.30. The van der Waals surface area contributed by atoms with Crippen molar-refractivity contribution in [1.29, 1.82) is 0 Å². The van der Waals surface area contributed by atoms with Crippen molar-refractivity contribution >= 4 is 33.4 Å². The van der Waals surface area contributed by atoms with Gasteiger partial charge >= 0.3 is 0 Å². The minimum absolute atomic E-state index is 0.141. The summed E-state index contributed by atoms with van der Waals surface area (Å²) in [5.41, 5.74) is 1.12. The molecule has 3 nitrogen and oxygen atoms in total. The van der Waals surface area contributed by atoms with Crippen LogP contribution in [0.2, 0.25) is 5.02 Å². The Morgan fingerprint density at radius 2 is 2.29 bits per heavy atom. The van der Waals surface area contributed by atoms with E-state index in [4.69, 9.17) is 11.6 Å². The van der Waals surface area contributed by atoms with Crippen molar-refractivity contribution in [3.05, 3.63) is 33.3 Å². The van der Waals surface area contributed by atoms with E-state index >= 15 is 0 Å². The molecule has 5 heteroatoms. The molecule has 1 aromatic carbocycles. The lowest BCUT2D eigenvalue weighted by Crippen LogP contribution is -2.51. The highest BCUT2D eigenvalue weighted by atomic mass is 79.9. The second-order valence-electron chi connectivity index (χ2n) is 4.13. The largest absolute Gasteiger partial charge is 0.355 e. The number of hydrogen-bond acceptors (Lipinski definition) is 2. The van der Waals surface area contributed by atoms with Gasteiger partial charge in [-0.05, 0) is 30.2 Å². The van der Waals surface area contributed by atoms with Crippen molar-refractivity contribution in [3.8, 4) is 0 Å². The van der Waals surface area contributed by atoms with Crippen molar-refractivity contribution in [2.75, 3.05) is 19.6 Å². The first-order chi connectivity index (χ1) is 8.16. The van der Waals surface area contributed by atoms with E-state index in [-0.39, 0.29) is 11.8 Å². The molecule has 1 aliphatic heterocycles. The summed E-state index contributed by atoms with van der Waals surface area (Å²) in [5, 5.41) is 6.74. The molecule has 0 unspecified atom stereocenters. The lowest BCUT2D eigenvalue weighted by molar-refractivity contribution is -0.126. The quantitative estimate of drug-likeness (QED) is 0.891. The Hall–Kier alpha value is -0.580. The molecule has 92 valence electrons. The first kappa shape index (κ1) is 12.9. The van der Waals surface area contributed by atoms with E-state index in [2.05, 4.69) is 26.6 Å². The molecular weight excluding hydrogens is 304 g/mol. The van der Waals surface area contributed by atoms with Crippen molar-refractivity contribution < 1.29 is 4.79 Å². The Balaban J connectivity index is 1.81. The zero-order valence-corrected chi connectivity index (χ0v) is 11.6. The summed E-state index contributed by atoms with van der Waals surface area (Å²) >= 11 is 9.39. The van der Waals surface area contributed by atoms with Gasteiger partial charge in [0.15, 0.2) is 0 Å². The third-order valence-electron chi connectivity index (χ3n) is 2.85. The predicted octanol–water partition coefficient (Wildman–Crippen LogP) is 1.98. The third kappa shape index (κ3) is 3.44. The highest BCUT2D eigenvalue weighted by Crippen LogP contribution is 2.21. The molecule has 1 saturated heterocycles. The number of halogens is 2. The van der Waals surface area contributed by atoms with Gasteiger partial charge in [0.05, 0.1) is 5.92 Å². The van der Waals surface area contributed by atoms with E-state index in [0.717, 1.165) is 34.6 Å². The maximum atomic E-state index is 11.6. The van der Waals surface area contributed by atoms with Crippen LogP contribution in [0, 0.1) is 5.92 Å². The van der Waals surface area contributed by atoms with E-state index in [1.54, 1.807) is 0 Å². The Morgan fingerprint density at radius 3 is 2.94 bits per heavy atom. The molecule has 2 rings (SSSR count). The topological polar surface area (TPSA) is 41.1 Å². The van der Waals surface area contributed by atoms with E-state index in [9.17, 15) is 4.79 Å². The first-order valence-corrected chi connectivity index (χ1v) is 6.76. The minimum atomic E-state index is 0.141. The normalized spacial score (nSPS) is 15.4. The second kappa shape index (κ2) is 5.85. The number of nitrogens with one attached hydrogen (secondary N) is 2. The zero-order chi connectivity index (χ0) is 12.3. The Labute approximate surface area is 114 Å². The lowest BCUT2D eigenvalue weighted by Gasteiger charge is -2.25. The molecule has 0 aliphatic carbocycles. The van der Waals surface area contributed by atoms with Crippen molar-refractivity contribution in [2.24, 2.45) is 5.92 Å². The van der Waals surface area contributed by atoms with Gasteiger partial charge in [0.25, 0.3) is 0 Å². The average molecular weight is 318 g/mol. The maximum absolute atomic E-state index is 11.6. The number of carbonyl (C=O) groups excluding carboxylic acids is 1. The Kier molecular flexibility index (Phi) is 4.42. The molecule has 2 N–H and O–H groups in total.